The minimum Gasteiger partial charge on any atom is -0.338 e. The highest BCUT2D eigenvalue weighted by molar-refractivity contribution is 9.10. The lowest BCUT2D eigenvalue weighted by Gasteiger charge is -2.24. The van der Waals surface area contributed by atoms with Crippen LogP contribution in [0, 0.1) is 17.0 Å². The molecule has 0 aromatic heterocycles. The van der Waals surface area contributed by atoms with Gasteiger partial charge in [-0.15, -0.1) is 0 Å². The Labute approximate surface area is 126 Å². The maximum atomic E-state index is 14.0. The SMILES string of the molecule is CC1(C)CCC(=O)N(Cc2c(F)ccc(Br)c2F)CC1. The second-order valence-corrected chi connectivity index (χ2v) is 6.91. The van der Waals surface area contributed by atoms with Crippen molar-refractivity contribution in [3.05, 3.63) is 33.8 Å². The normalized spacial score (nSPS) is 19.1. The number of benzene rings is 1. The highest BCUT2D eigenvalue weighted by Crippen LogP contribution is 2.31. The van der Waals surface area contributed by atoms with Gasteiger partial charge in [-0.2, -0.15) is 0 Å². The molecule has 0 bridgehead atoms. The zero-order valence-corrected chi connectivity index (χ0v) is 13.3. The summed E-state index contributed by atoms with van der Waals surface area (Å²) in [7, 11) is 0. The lowest BCUT2D eigenvalue weighted by molar-refractivity contribution is -0.131. The first-order valence-corrected chi connectivity index (χ1v) is 7.50. The summed E-state index contributed by atoms with van der Waals surface area (Å²) in [4.78, 5) is 13.6. The van der Waals surface area contributed by atoms with Gasteiger partial charge in [0.15, 0.2) is 0 Å². The highest BCUT2D eigenvalue weighted by atomic mass is 79.9. The van der Waals surface area contributed by atoms with Crippen molar-refractivity contribution in [3.63, 3.8) is 0 Å². The molecule has 0 atom stereocenters. The first-order chi connectivity index (χ1) is 9.30. The molecule has 2 rings (SSSR count). The third-order valence-corrected chi connectivity index (χ3v) is 4.53. The van der Waals surface area contributed by atoms with E-state index in [0.717, 1.165) is 12.8 Å². The summed E-state index contributed by atoms with van der Waals surface area (Å²) >= 11 is 3.05. The van der Waals surface area contributed by atoms with E-state index < -0.39 is 11.6 Å². The van der Waals surface area contributed by atoms with E-state index in [1.165, 1.54) is 12.1 Å². The summed E-state index contributed by atoms with van der Waals surface area (Å²) in [5, 5.41) is 0. The monoisotopic (exact) mass is 345 g/mol. The Hall–Kier alpha value is -0.970. The molecule has 0 radical (unpaired) electrons. The van der Waals surface area contributed by atoms with Crippen LogP contribution >= 0.6 is 15.9 Å². The zero-order valence-electron chi connectivity index (χ0n) is 11.7. The molecule has 5 heteroatoms. The van der Waals surface area contributed by atoms with Crippen LogP contribution in [0.25, 0.3) is 0 Å². The Morgan fingerprint density at radius 2 is 2.00 bits per heavy atom. The Morgan fingerprint density at radius 1 is 1.30 bits per heavy atom. The number of carbonyl (C=O) groups excluding carboxylic acids is 1. The van der Waals surface area contributed by atoms with Gasteiger partial charge in [-0.25, -0.2) is 8.78 Å². The molecule has 0 aliphatic carbocycles. The van der Waals surface area contributed by atoms with Gasteiger partial charge in [-0.1, -0.05) is 13.8 Å². The summed E-state index contributed by atoms with van der Waals surface area (Å²) in [5.74, 6) is -1.27. The van der Waals surface area contributed by atoms with E-state index in [1.54, 1.807) is 4.90 Å². The molecule has 1 aromatic rings. The largest absolute Gasteiger partial charge is 0.338 e. The van der Waals surface area contributed by atoms with Gasteiger partial charge < -0.3 is 4.90 Å². The highest BCUT2D eigenvalue weighted by Gasteiger charge is 2.28. The average molecular weight is 346 g/mol. The third kappa shape index (κ3) is 3.37. The van der Waals surface area contributed by atoms with Gasteiger partial charge in [0.2, 0.25) is 5.91 Å². The fourth-order valence-corrected chi connectivity index (χ4v) is 2.73. The number of nitrogens with zero attached hydrogens (tertiary/aromatic N) is 1. The van der Waals surface area contributed by atoms with Crippen LogP contribution in [-0.2, 0) is 11.3 Å². The molecule has 110 valence electrons. The van der Waals surface area contributed by atoms with Crippen molar-refractivity contribution < 1.29 is 13.6 Å². The molecule has 1 amide bonds. The third-order valence-electron chi connectivity index (χ3n) is 3.91. The van der Waals surface area contributed by atoms with Gasteiger partial charge in [0.05, 0.1) is 11.0 Å². The van der Waals surface area contributed by atoms with E-state index in [-0.39, 0.29) is 27.9 Å². The number of carbonyl (C=O) groups is 1. The lowest BCUT2D eigenvalue weighted by atomic mass is 9.85. The molecule has 0 unspecified atom stereocenters. The van der Waals surface area contributed by atoms with E-state index in [4.69, 9.17) is 0 Å². The summed E-state index contributed by atoms with van der Waals surface area (Å²) in [6.07, 6.45) is 2.09. The Bertz CT molecular complexity index is 531. The predicted molar refractivity (Wildman–Crippen MR) is 77.1 cm³/mol. The van der Waals surface area contributed by atoms with Gasteiger partial charge in [-0.05, 0) is 46.3 Å². The quantitative estimate of drug-likeness (QED) is 0.733. The van der Waals surface area contributed by atoms with E-state index >= 15 is 0 Å². The van der Waals surface area contributed by atoms with Crippen LogP contribution in [0.1, 0.15) is 38.7 Å². The topological polar surface area (TPSA) is 20.3 Å². The second-order valence-electron chi connectivity index (χ2n) is 6.05. The van der Waals surface area contributed by atoms with Crippen LogP contribution in [0.5, 0.6) is 0 Å². The molecule has 20 heavy (non-hydrogen) atoms. The molecule has 1 aliphatic heterocycles. The van der Waals surface area contributed by atoms with Gasteiger partial charge >= 0.3 is 0 Å². The van der Waals surface area contributed by atoms with Gasteiger partial charge in [0, 0.05) is 18.5 Å². The van der Waals surface area contributed by atoms with Crippen LogP contribution < -0.4 is 0 Å². The van der Waals surface area contributed by atoms with Crippen LogP contribution in [0.15, 0.2) is 16.6 Å². The fourth-order valence-electron chi connectivity index (χ4n) is 2.36. The van der Waals surface area contributed by atoms with Crippen LogP contribution in [0.4, 0.5) is 8.78 Å². The van der Waals surface area contributed by atoms with Gasteiger partial charge in [0.1, 0.15) is 11.6 Å². The van der Waals surface area contributed by atoms with E-state index in [2.05, 4.69) is 29.8 Å². The van der Waals surface area contributed by atoms with Crippen molar-refractivity contribution in [1.29, 1.82) is 0 Å². The van der Waals surface area contributed by atoms with Crippen molar-refractivity contribution in [3.8, 4) is 0 Å². The molecule has 1 fully saturated rings. The number of rotatable bonds is 2. The number of hydrogen-bond donors (Lipinski definition) is 0. The smallest absolute Gasteiger partial charge is 0.222 e. The van der Waals surface area contributed by atoms with Crippen molar-refractivity contribution in [2.24, 2.45) is 5.41 Å². The van der Waals surface area contributed by atoms with Crippen molar-refractivity contribution in [2.45, 2.75) is 39.7 Å². The van der Waals surface area contributed by atoms with Crippen LogP contribution in [0.3, 0.4) is 0 Å². The first-order valence-electron chi connectivity index (χ1n) is 6.70. The fraction of sp³-hybridized carbons (Fsp3) is 0.533. The molecule has 0 N–H and O–H groups in total. The van der Waals surface area contributed by atoms with Crippen LogP contribution in [0.2, 0.25) is 0 Å². The molecular weight excluding hydrogens is 328 g/mol. The minimum atomic E-state index is -0.624. The lowest BCUT2D eigenvalue weighted by Crippen LogP contribution is -2.31. The van der Waals surface area contributed by atoms with Crippen molar-refractivity contribution in [1.82, 2.24) is 4.90 Å². The number of halogens is 3. The average Bonchev–Trinajstić information content (AvgIpc) is 2.51. The summed E-state index contributed by atoms with van der Waals surface area (Å²) in [5.41, 5.74) is 0.0473. The first kappa shape index (κ1) is 15.4. The Kier molecular flexibility index (Phi) is 4.47. The maximum Gasteiger partial charge on any atom is 0.222 e. The number of amides is 1. The van der Waals surface area contributed by atoms with E-state index in [9.17, 15) is 13.6 Å². The van der Waals surface area contributed by atoms with E-state index in [1.807, 2.05) is 0 Å². The number of likely N-dealkylation sites (tertiary alicyclic amines) is 1. The summed E-state index contributed by atoms with van der Waals surface area (Å²) < 4.78 is 28.0. The zero-order chi connectivity index (χ0) is 14.9. The molecule has 2 nitrogen and oxygen atoms in total. The van der Waals surface area contributed by atoms with Gasteiger partial charge in [-0.3, -0.25) is 4.79 Å². The summed E-state index contributed by atoms with van der Waals surface area (Å²) in [6.45, 7) is 4.76. The molecule has 1 aromatic carbocycles. The van der Waals surface area contributed by atoms with Crippen molar-refractivity contribution >= 4 is 21.8 Å². The van der Waals surface area contributed by atoms with Gasteiger partial charge in [0.25, 0.3) is 0 Å². The minimum absolute atomic E-state index is 0.00792. The molecule has 0 saturated carbocycles. The maximum absolute atomic E-state index is 14.0. The molecule has 1 heterocycles. The number of hydrogen-bond acceptors (Lipinski definition) is 1. The van der Waals surface area contributed by atoms with Crippen molar-refractivity contribution in [2.75, 3.05) is 6.54 Å². The standard InChI is InChI=1S/C15H18BrF2NO/c1-15(2)6-5-13(20)19(8-7-15)9-10-12(17)4-3-11(16)14(10)18/h3-4H,5-9H2,1-2H3. The van der Waals surface area contributed by atoms with E-state index in [0.29, 0.717) is 13.0 Å². The Balaban J connectivity index is 2.21. The van der Waals surface area contributed by atoms with Crippen LogP contribution in [-0.4, -0.2) is 17.4 Å². The molecule has 1 saturated heterocycles. The Morgan fingerprint density at radius 3 is 2.70 bits per heavy atom. The molecule has 0 spiro atoms. The second kappa shape index (κ2) is 5.80. The summed E-state index contributed by atoms with van der Waals surface area (Å²) in [6, 6.07) is 2.55. The molecular formula is C15H18BrF2NO. The predicted octanol–water partition coefficient (Wildman–Crippen LogP) is 4.27. The molecule has 1 aliphatic rings.